The number of hydrogen-bond donors (Lipinski definition) is 0. The minimum Gasteiger partial charge on any atom is -0.467 e. The maximum atomic E-state index is 12.1. The molecule has 1 heterocycles. The Morgan fingerprint density at radius 2 is 1.95 bits per heavy atom. The van der Waals surface area contributed by atoms with Crippen molar-refractivity contribution < 1.29 is 19.1 Å². The van der Waals surface area contributed by atoms with Crippen LogP contribution in [-0.4, -0.2) is 42.8 Å². The summed E-state index contributed by atoms with van der Waals surface area (Å²) in [5.74, 6) is 1.16. The van der Waals surface area contributed by atoms with Gasteiger partial charge in [-0.15, -0.1) is 0 Å². The molecule has 0 aromatic carbocycles. The van der Waals surface area contributed by atoms with Crippen LogP contribution in [0.4, 0.5) is 4.79 Å². The summed E-state index contributed by atoms with van der Waals surface area (Å²) in [7, 11) is 1.34. The van der Waals surface area contributed by atoms with Crippen LogP contribution >= 0.6 is 0 Å². The number of nitrogens with zero attached hydrogens (tertiary/aromatic N) is 1. The zero-order valence-corrected chi connectivity index (χ0v) is 12.8. The standard InChI is InChI=1S/C15H25NO4/c1-9(2)11-6-5-10(3)7-13(11)20-15(18)16-8-12(16)14(17)19-4/h9-13H,5-8H2,1-4H3. The van der Waals surface area contributed by atoms with Gasteiger partial charge in [-0.3, -0.25) is 4.90 Å². The fraction of sp³-hybridized carbons (Fsp3) is 0.867. The second kappa shape index (κ2) is 6.02. The Kier molecular flexibility index (Phi) is 4.55. The molecular formula is C15H25NO4. The predicted molar refractivity (Wildman–Crippen MR) is 74.1 cm³/mol. The van der Waals surface area contributed by atoms with Crippen molar-refractivity contribution in [3.05, 3.63) is 0 Å². The Labute approximate surface area is 120 Å². The third-order valence-corrected chi connectivity index (χ3v) is 4.53. The second-order valence-electron chi connectivity index (χ2n) is 6.44. The lowest BCUT2D eigenvalue weighted by Gasteiger charge is -2.36. The van der Waals surface area contributed by atoms with Gasteiger partial charge in [-0.1, -0.05) is 27.2 Å². The third-order valence-electron chi connectivity index (χ3n) is 4.53. The van der Waals surface area contributed by atoms with E-state index in [4.69, 9.17) is 4.74 Å². The number of carbonyl (C=O) groups excluding carboxylic acids is 2. The summed E-state index contributed by atoms with van der Waals surface area (Å²) < 4.78 is 10.3. The second-order valence-corrected chi connectivity index (χ2v) is 6.44. The lowest BCUT2D eigenvalue weighted by atomic mass is 9.75. The van der Waals surface area contributed by atoms with Gasteiger partial charge in [0.2, 0.25) is 0 Å². The average molecular weight is 283 g/mol. The minimum atomic E-state index is -0.439. The highest BCUT2D eigenvalue weighted by atomic mass is 16.6. The maximum absolute atomic E-state index is 12.1. The van der Waals surface area contributed by atoms with Crippen molar-refractivity contribution in [1.82, 2.24) is 4.90 Å². The number of rotatable bonds is 3. The highest BCUT2D eigenvalue weighted by Gasteiger charge is 2.47. The molecule has 1 saturated carbocycles. The Balaban J connectivity index is 1.90. The van der Waals surface area contributed by atoms with Gasteiger partial charge in [0.1, 0.15) is 6.10 Å². The number of methoxy groups -OCH3 is 1. The van der Waals surface area contributed by atoms with E-state index in [9.17, 15) is 9.59 Å². The van der Waals surface area contributed by atoms with E-state index in [2.05, 4.69) is 25.5 Å². The fourth-order valence-corrected chi connectivity index (χ4v) is 3.13. The normalized spacial score (nSPS) is 33.0. The molecule has 2 rings (SSSR count). The molecule has 0 N–H and O–H groups in total. The third kappa shape index (κ3) is 3.25. The smallest absolute Gasteiger partial charge is 0.410 e. The maximum Gasteiger partial charge on any atom is 0.410 e. The first-order chi connectivity index (χ1) is 9.43. The molecule has 0 bridgehead atoms. The largest absolute Gasteiger partial charge is 0.467 e. The molecule has 4 atom stereocenters. The Bertz CT molecular complexity index is 382. The van der Waals surface area contributed by atoms with Crippen molar-refractivity contribution in [1.29, 1.82) is 0 Å². The van der Waals surface area contributed by atoms with Gasteiger partial charge in [0.15, 0.2) is 6.04 Å². The molecule has 0 aromatic heterocycles. The summed E-state index contributed by atoms with van der Waals surface area (Å²) in [6, 6.07) is -0.439. The van der Waals surface area contributed by atoms with Gasteiger partial charge in [0, 0.05) is 0 Å². The van der Waals surface area contributed by atoms with E-state index in [1.54, 1.807) is 0 Å². The molecule has 20 heavy (non-hydrogen) atoms. The quantitative estimate of drug-likeness (QED) is 0.589. The molecule has 1 aliphatic heterocycles. The highest BCUT2D eigenvalue weighted by molar-refractivity contribution is 5.86. The molecule has 1 amide bonds. The Hall–Kier alpha value is -1.26. The van der Waals surface area contributed by atoms with E-state index in [-0.39, 0.29) is 18.2 Å². The lowest BCUT2D eigenvalue weighted by molar-refractivity contribution is -0.140. The van der Waals surface area contributed by atoms with Gasteiger partial charge in [-0.25, -0.2) is 9.59 Å². The molecule has 1 saturated heterocycles. The molecule has 114 valence electrons. The summed E-state index contributed by atoms with van der Waals surface area (Å²) in [4.78, 5) is 24.8. The van der Waals surface area contributed by atoms with Crippen LogP contribution in [0.3, 0.4) is 0 Å². The SMILES string of the molecule is COC(=O)C1CN1C(=O)OC1CC(C)CCC1C(C)C. The zero-order chi connectivity index (χ0) is 14.9. The Morgan fingerprint density at radius 1 is 1.25 bits per heavy atom. The van der Waals surface area contributed by atoms with E-state index >= 15 is 0 Å². The molecule has 0 radical (unpaired) electrons. The van der Waals surface area contributed by atoms with Crippen LogP contribution in [0.15, 0.2) is 0 Å². The monoisotopic (exact) mass is 283 g/mol. The van der Waals surface area contributed by atoms with Crippen LogP contribution in [-0.2, 0) is 14.3 Å². The molecule has 5 nitrogen and oxygen atoms in total. The van der Waals surface area contributed by atoms with Crippen LogP contribution in [0.5, 0.6) is 0 Å². The van der Waals surface area contributed by atoms with Crippen molar-refractivity contribution in [2.45, 2.75) is 52.2 Å². The van der Waals surface area contributed by atoms with E-state index in [0.717, 1.165) is 12.8 Å². The summed E-state index contributed by atoms with van der Waals surface area (Å²) in [5, 5.41) is 0. The summed E-state index contributed by atoms with van der Waals surface area (Å²) in [5.41, 5.74) is 0. The fourth-order valence-electron chi connectivity index (χ4n) is 3.13. The minimum absolute atomic E-state index is 0.0230. The van der Waals surface area contributed by atoms with Crippen LogP contribution in [0.1, 0.15) is 40.0 Å². The first-order valence-corrected chi connectivity index (χ1v) is 7.49. The topological polar surface area (TPSA) is 55.6 Å². The lowest BCUT2D eigenvalue weighted by Crippen LogP contribution is -2.37. The summed E-state index contributed by atoms with van der Waals surface area (Å²) >= 11 is 0. The molecule has 0 aromatic rings. The van der Waals surface area contributed by atoms with E-state index in [1.165, 1.54) is 18.4 Å². The van der Waals surface area contributed by atoms with Crippen molar-refractivity contribution in [3.63, 3.8) is 0 Å². The number of ether oxygens (including phenoxy) is 2. The summed E-state index contributed by atoms with van der Waals surface area (Å²) in [6.45, 7) is 6.97. The predicted octanol–water partition coefficient (Wildman–Crippen LogP) is 2.44. The highest BCUT2D eigenvalue weighted by Crippen LogP contribution is 2.36. The Morgan fingerprint density at radius 3 is 2.55 bits per heavy atom. The van der Waals surface area contributed by atoms with E-state index < -0.39 is 6.04 Å². The van der Waals surface area contributed by atoms with Gasteiger partial charge < -0.3 is 9.47 Å². The van der Waals surface area contributed by atoms with Gasteiger partial charge in [0.25, 0.3) is 0 Å². The van der Waals surface area contributed by atoms with Crippen LogP contribution < -0.4 is 0 Å². The van der Waals surface area contributed by atoms with Gasteiger partial charge >= 0.3 is 12.1 Å². The van der Waals surface area contributed by atoms with Crippen LogP contribution in [0, 0.1) is 17.8 Å². The van der Waals surface area contributed by atoms with E-state index in [0.29, 0.717) is 24.3 Å². The van der Waals surface area contributed by atoms with Gasteiger partial charge in [0.05, 0.1) is 13.7 Å². The first kappa shape index (κ1) is 15.1. The molecule has 0 spiro atoms. The zero-order valence-electron chi connectivity index (χ0n) is 12.8. The molecule has 1 aliphatic carbocycles. The van der Waals surface area contributed by atoms with Crippen molar-refractivity contribution in [2.75, 3.05) is 13.7 Å². The van der Waals surface area contributed by atoms with Gasteiger partial charge in [-0.2, -0.15) is 0 Å². The van der Waals surface area contributed by atoms with Gasteiger partial charge in [-0.05, 0) is 30.6 Å². The number of hydrogen-bond acceptors (Lipinski definition) is 4. The van der Waals surface area contributed by atoms with E-state index in [1.807, 2.05) is 0 Å². The van der Waals surface area contributed by atoms with Crippen molar-refractivity contribution >= 4 is 12.1 Å². The molecular weight excluding hydrogens is 258 g/mol. The molecule has 2 fully saturated rings. The first-order valence-electron chi connectivity index (χ1n) is 7.49. The number of esters is 1. The number of amides is 1. The average Bonchev–Trinajstić information content (AvgIpc) is 3.17. The number of carbonyl (C=O) groups is 2. The molecule has 2 aliphatic rings. The van der Waals surface area contributed by atoms with Crippen molar-refractivity contribution in [2.24, 2.45) is 17.8 Å². The molecule has 5 heteroatoms. The summed E-state index contributed by atoms with van der Waals surface area (Å²) in [6.07, 6.45) is 2.84. The van der Waals surface area contributed by atoms with Crippen LogP contribution in [0.25, 0.3) is 0 Å². The molecule has 4 unspecified atom stereocenters. The van der Waals surface area contributed by atoms with Crippen molar-refractivity contribution in [3.8, 4) is 0 Å². The van der Waals surface area contributed by atoms with Crippen LogP contribution in [0.2, 0.25) is 0 Å².